The number of hydrogen-bond acceptors (Lipinski definition) is 6. The molecule has 118 valence electrons. The van der Waals surface area contributed by atoms with E-state index < -0.39 is 0 Å². The molecule has 1 heterocycles. The third kappa shape index (κ3) is 3.79. The van der Waals surface area contributed by atoms with E-state index in [-0.39, 0.29) is 17.1 Å². The fourth-order valence-corrected chi connectivity index (χ4v) is 2.88. The van der Waals surface area contributed by atoms with Gasteiger partial charge in [-0.25, -0.2) is 0 Å². The van der Waals surface area contributed by atoms with Gasteiger partial charge in [0.25, 0.3) is 0 Å². The van der Waals surface area contributed by atoms with E-state index in [9.17, 15) is 4.79 Å². The van der Waals surface area contributed by atoms with Crippen molar-refractivity contribution in [1.82, 2.24) is 5.32 Å². The van der Waals surface area contributed by atoms with E-state index in [1.165, 1.54) is 11.8 Å². The molecule has 1 saturated heterocycles. The van der Waals surface area contributed by atoms with Gasteiger partial charge in [-0.2, -0.15) is 5.10 Å². The SMILES string of the molecule is COc1ccc(C=NN=C2NC(=O)[C@@H](C(C)C)S2)cc1OC. The van der Waals surface area contributed by atoms with E-state index in [4.69, 9.17) is 9.47 Å². The van der Waals surface area contributed by atoms with E-state index >= 15 is 0 Å². The molecule has 0 unspecified atom stereocenters. The van der Waals surface area contributed by atoms with E-state index in [1.807, 2.05) is 19.9 Å². The molecule has 0 bridgehead atoms. The predicted octanol–water partition coefficient (Wildman–Crippen LogP) is 2.28. The van der Waals surface area contributed by atoms with E-state index in [1.54, 1.807) is 32.6 Å². The Morgan fingerprint density at radius 3 is 2.59 bits per heavy atom. The number of carbonyl (C=O) groups is 1. The topological polar surface area (TPSA) is 72.3 Å². The van der Waals surface area contributed by atoms with Crippen molar-refractivity contribution in [3.63, 3.8) is 0 Å². The molecule has 1 atom stereocenters. The number of rotatable bonds is 5. The molecular formula is C15H19N3O3S. The summed E-state index contributed by atoms with van der Waals surface area (Å²) in [6.07, 6.45) is 1.60. The van der Waals surface area contributed by atoms with Gasteiger partial charge in [0.1, 0.15) is 0 Å². The largest absolute Gasteiger partial charge is 0.493 e. The number of carbonyl (C=O) groups excluding carboxylic acids is 1. The number of benzene rings is 1. The van der Waals surface area contributed by atoms with Gasteiger partial charge >= 0.3 is 0 Å². The Morgan fingerprint density at radius 2 is 2.00 bits per heavy atom. The zero-order valence-corrected chi connectivity index (χ0v) is 13.8. The summed E-state index contributed by atoms with van der Waals surface area (Å²) in [4.78, 5) is 11.7. The van der Waals surface area contributed by atoms with Crippen LogP contribution in [-0.2, 0) is 4.79 Å². The molecular weight excluding hydrogens is 302 g/mol. The average molecular weight is 321 g/mol. The molecule has 0 aromatic heterocycles. The standard InChI is InChI=1S/C15H19N3O3S/c1-9(2)13-14(19)17-15(22-13)18-16-8-10-5-6-11(20-3)12(7-10)21-4/h5-9,13H,1-4H3,(H,17,18,19)/t13-/m1/s1. The number of thioether (sulfide) groups is 1. The first-order valence-corrected chi connectivity index (χ1v) is 7.73. The van der Waals surface area contributed by atoms with Crippen LogP contribution in [0.25, 0.3) is 0 Å². The number of hydrogen-bond donors (Lipinski definition) is 1. The Labute approximate surface area is 134 Å². The van der Waals surface area contributed by atoms with Gasteiger partial charge in [0.2, 0.25) is 5.91 Å². The summed E-state index contributed by atoms with van der Waals surface area (Å²) < 4.78 is 10.4. The monoisotopic (exact) mass is 321 g/mol. The molecule has 7 heteroatoms. The van der Waals surface area contributed by atoms with Crippen molar-refractivity contribution in [3.05, 3.63) is 23.8 Å². The maximum absolute atomic E-state index is 11.7. The molecule has 1 aliphatic rings. The van der Waals surface area contributed by atoms with E-state index in [0.717, 1.165) is 5.56 Å². The van der Waals surface area contributed by atoms with Crippen molar-refractivity contribution in [1.29, 1.82) is 0 Å². The summed E-state index contributed by atoms with van der Waals surface area (Å²) in [5.41, 5.74) is 0.830. The summed E-state index contributed by atoms with van der Waals surface area (Å²) in [7, 11) is 3.17. The molecule has 1 amide bonds. The van der Waals surface area contributed by atoms with Crippen molar-refractivity contribution >= 4 is 29.1 Å². The highest BCUT2D eigenvalue weighted by Gasteiger charge is 2.32. The number of ether oxygens (including phenoxy) is 2. The number of amidine groups is 1. The molecule has 22 heavy (non-hydrogen) atoms. The van der Waals surface area contributed by atoms with Gasteiger partial charge in [-0.05, 0) is 29.7 Å². The quantitative estimate of drug-likeness (QED) is 0.667. The van der Waals surface area contributed by atoms with Crippen molar-refractivity contribution < 1.29 is 14.3 Å². The summed E-state index contributed by atoms with van der Waals surface area (Å²) in [6, 6.07) is 5.45. The molecule has 2 rings (SSSR count). The predicted molar refractivity (Wildman–Crippen MR) is 88.9 cm³/mol. The lowest BCUT2D eigenvalue weighted by atomic mass is 10.1. The lowest BCUT2D eigenvalue weighted by Gasteiger charge is -2.07. The normalized spacial score (nSPS) is 20.0. The van der Waals surface area contributed by atoms with Crippen LogP contribution in [0.1, 0.15) is 19.4 Å². The molecule has 1 N–H and O–H groups in total. The van der Waals surface area contributed by atoms with Crippen LogP contribution in [0, 0.1) is 5.92 Å². The first-order chi connectivity index (χ1) is 10.5. The maximum Gasteiger partial charge on any atom is 0.239 e. The van der Waals surface area contributed by atoms with Crippen LogP contribution < -0.4 is 14.8 Å². The fourth-order valence-electron chi connectivity index (χ4n) is 1.95. The fraction of sp³-hybridized carbons (Fsp3) is 0.400. The highest BCUT2D eigenvalue weighted by atomic mass is 32.2. The van der Waals surface area contributed by atoms with Crippen molar-refractivity contribution in [2.24, 2.45) is 16.1 Å². The highest BCUT2D eigenvalue weighted by Crippen LogP contribution is 2.27. The maximum atomic E-state index is 11.7. The Bertz CT molecular complexity index is 614. The molecule has 1 aromatic carbocycles. The summed E-state index contributed by atoms with van der Waals surface area (Å²) in [5.74, 6) is 1.53. The Balaban J connectivity index is 2.07. The molecule has 0 aliphatic carbocycles. The number of nitrogens with zero attached hydrogens (tertiary/aromatic N) is 2. The van der Waals surface area contributed by atoms with Gasteiger partial charge in [-0.1, -0.05) is 25.6 Å². The Kier molecular flexibility index (Phi) is 5.43. The Morgan fingerprint density at radius 1 is 1.27 bits per heavy atom. The second-order valence-electron chi connectivity index (χ2n) is 5.04. The van der Waals surface area contributed by atoms with Gasteiger partial charge in [0, 0.05) is 0 Å². The van der Waals surface area contributed by atoms with Crippen LogP contribution in [0.15, 0.2) is 28.4 Å². The van der Waals surface area contributed by atoms with Crippen LogP contribution in [0.4, 0.5) is 0 Å². The van der Waals surface area contributed by atoms with Crippen LogP contribution in [0.2, 0.25) is 0 Å². The zero-order valence-electron chi connectivity index (χ0n) is 13.0. The van der Waals surface area contributed by atoms with Crippen LogP contribution in [0.5, 0.6) is 11.5 Å². The minimum Gasteiger partial charge on any atom is -0.493 e. The Hall–Kier alpha value is -2.02. The lowest BCUT2D eigenvalue weighted by molar-refractivity contribution is -0.119. The number of methoxy groups -OCH3 is 2. The molecule has 1 fully saturated rings. The molecule has 0 spiro atoms. The third-order valence-electron chi connectivity index (χ3n) is 3.10. The first-order valence-electron chi connectivity index (χ1n) is 6.85. The average Bonchev–Trinajstić information content (AvgIpc) is 2.88. The lowest BCUT2D eigenvalue weighted by Crippen LogP contribution is -2.27. The second-order valence-corrected chi connectivity index (χ2v) is 6.17. The van der Waals surface area contributed by atoms with Crippen molar-refractivity contribution in [2.45, 2.75) is 19.1 Å². The van der Waals surface area contributed by atoms with Gasteiger partial charge < -0.3 is 14.8 Å². The van der Waals surface area contributed by atoms with Crippen LogP contribution in [0.3, 0.4) is 0 Å². The van der Waals surface area contributed by atoms with Gasteiger partial charge in [0.15, 0.2) is 16.7 Å². The first kappa shape index (κ1) is 16.4. The van der Waals surface area contributed by atoms with E-state index in [0.29, 0.717) is 16.7 Å². The van der Waals surface area contributed by atoms with Gasteiger partial charge in [0.05, 0.1) is 25.7 Å². The van der Waals surface area contributed by atoms with Crippen molar-refractivity contribution in [2.75, 3.05) is 14.2 Å². The minimum absolute atomic E-state index is 0.0138. The third-order valence-corrected chi connectivity index (χ3v) is 4.51. The second kappa shape index (κ2) is 7.31. The molecule has 6 nitrogen and oxygen atoms in total. The number of amides is 1. The smallest absolute Gasteiger partial charge is 0.239 e. The molecule has 1 aliphatic heterocycles. The molecule has 0 saturated carbocycles. The van der Waals surface area contributed by atoms with Crippen LogP contribution >= 0.6 is 11.8 Å². The molecule has 0 radical (unpaired) electrons. The van der Waals surface area contributed by atoms with Gasteiger partial charge in [-0.15, -0.1) is 5.10 Å². The van der Waals surface area contributed by atoms with Gasteiger partial charge in [-0.3, -0.25) is 4.79 Å². The zero-order chi connectivity index (χ0) is 16.1. The number of nitrogens with one attached hydrogen (secondary N) is 1. The summed E-state index contributed by atoms with van der Waals surface area (Å²) in [6.45, 7) is 4.01. The highest BCUT2D eigenvalue weighted by molar-refractivity contribution is 8.15. The van der Waals surface area contributed by atoms with E-state index in [2.05, 4.69) is 15.5 Å². The van der Waals surface area contributed by atoms with Crippen LogP contribution in [-0.4, -0.2) is 36.8 Å². The summed E-state index contributed by atoms with van der Waals surface area (Å²) in [5, 5.41) is 11.2. The summed E-state index contributed by atoms with van der Waals surface area (Å²) >= 11 is 1.41. The minimum atomic E-state index is -0.102. The van der Waals surface area contributed by atoms with Crippen molar-refractivity contribution in [3.8, 4) is 11.5 Å². The molecule has 1 aromatic rings.